The molecule has 0 saturated heterocycles. The molecule has 0 bridgehead atoms. The first-order chi connectivity index (χ1) is 6.16. The minimum atomic E-state index is -0.0332. The van der Waals surface area contributed by atoms with Crippen molar-refractivity contribution in [3.05, 3.63) is 0 Å². The molecule has 0 unspecified atom stereocenters. The van der Waals surface area contributed by atoms with Crippen LogP contribution in [-0.2, 0) is 9.53 Å². The van der Waals surface area contributed by atoms with Crippen LogP contribution in [0.5, 0.6) is 0 Å². The fraction of sp³-hybridized carbons (Fsp3) is 0.909. The third-order valence-electron chi connectivity index (χ3n) is 1.92. The molecule has 0 rings (SSSR count). The number of carbonyl (C=O) groups is 1. The number of unbranched alkanes of at least 4 members (excludes halogenated alkanes) is 1. The maximum absolute atomic E-state index is 11.1. The van der Waals surface area contributed by atoms with E-state index < -0.39 is 0 Å². The summed E-state index contributed by atoms with van der Waals surface area (Å²) in [6.45, 7) is 7.02. The zero-order valence-corrected chi connectivity index (χ0v) is 9.14. The van der Waals surface area contributed by atoms with Gasteiger partial charge < -0.3 is 4.74 Å². The van der Waals surface area contributed by atoms with Crippen molar-refractivity contribution in [2.24, 2.45) is 5.92 Å². The topological polar surface area (TPSA) is 26.3 Å². The lowest BCUT2D eigenvalue weighted by molar-refractivity contribution is -0.143. The minimum Gasteiger partial charge on any atom is -0.466 e. The number of esters is 1. The smallest absolute Gasteiger partial charge is 0.305 e. The van der Waals surface area contributed by atoms with Gasteiger partial charge in [-0.2, -0.15) is 0 Å². The van der Waals surface area contributed by atoms with Gasteiger partial charge in [-0.15, -0.1) is 0 Å². The molecule has 0 fully saturated rings. The molecule has 13 heavy (non-hydrogen) atoms. The first-order valence-corrected chi connectivity index (χ1v) is 5.32. The fourth-order valence-corrected chi connectivity index (χ4v) is 1.06. The van der Waals surface area contributed by atoms with Gasteiger partial charge in [-0.05, 0) is 18.8 Å². The average Bonchev–Trinajstić information content (AvgIpc) is 2.04. The van der Waals surface area contributed by atoms with E-state index >= 15 is 0 Å². The molecule has 0 radical (unpaired) electrons. The number of hydrogen-bond donors (Lipinski definition) is 0. The summed E-state index contributed by atoms with van der Waals surface area (Å²) < 4.78 is 5.03. The summed E-state index contributed by atoms with van der Waals surface area (Å²) in [5.41, 5.74) is 0. The van der Waals surface area contributed by atoms with Crippen LogP contribution < -0.4 is 0 Å². The van der Waals surface area contributed by atoms with Gasteiger partial charge in [0.2, 0.25) is 0 Å². The van der Waals surface area contributed by atoms with Crippen molar-refractivity contribution in [3.8, 4) is 0 Å². The van der Waals surface area contributed by atoms with E-state index in [9.17, 15) is 4.79 Å². The van der Waals surface area contributed by atoms with Crippen molar-refractivity contribution >= 4 is 5.97 Å². The van der Waals surface area contributed by atoms with E-state index in [2.05, 4.69) is 20.8 Å². The summed E-state index contributed by atoms with van der Waals surface area (Å²) >= 11 is 0. The fourth-order valence-electron chi connectivity index (χ4n) is 1.06. The van der Waals surface area contributed by atoms with Gasteiger partial charge >= 0.3 is 5.97 Å². The zero-order chi connectivity index (χ0) is 10.1. The predicted octanol–water partition coefficient (Wildman–Crippen LogP) is 3.16. The van der Waals surface area contributed by atoms with Crippen LogP contribution >= 0.6 is 0 Å². The molecule has 0 aromatic rings. The van der Waals surface area contributed by atoms with Crippen molar-refractivity contribution in [1.29, 1.82) is 0 Å². The second-order valence-corrected chi connectivity index (χ2v) is 3.86. The van der Waals surface area contributed by atoms with Crippen LogP contribution in [0.4, 0.5) is 0 Å². The van der Waals surface area contributed by atoms with Crippen LogP contribution in [0.15, 0.2) is 0 Å². The molecule has 0 aromatic heterocycles. The summed E-state index contributed by atoms with van der Waals surface area (Å²) in [7, 11) is 0. The zero-order valence-electron chi connectivity index (χ0n) is 9.14. The van der Waals surface area contributed by atoms with Crippen LogP contribution in [0, 0.1) is 5.92 Å². The van der Waals surface area contributed by atoms with Gasteiger partial charge in [0.05, 0.1) is 6.61 Å². The molecule has 0 atom stereocenters. The first-order valence-electron chi connectivity index (χ1n) is 5.32. The summed E-state index contributed by atoms with van der Waals surface area (Å²) in [5, 5.41) is 0. The summed E-state index contributed by atoms with van der Waals surface area (Å²) in [5.74, 6) is 0.651. The number of ether oxygens (including phenoxy) is 1. The summed E-state index contributed by atoms with van der Waals surface area (Å²) in [6.07, 6.45) is 4.72. The highest BCUT2D eigenvalue weighted by Crippen LogP contribution is 2.06. The molecule has 0 aromatic carbocycles. The Hall–Kier alpha value is -0.530. The van der Waals surface area contributed by atoms with Gasteiger partial charge in [-0.3, -0.25) is 4.79 Å². The third-order valence-corrected chi connectivity index (χ3v) is 1.92. The standard InChI is InChI=1S/C11H22O2/c1-4-5-9-13-11(12)8-6-7-10(2)3/h10H,4-9H2,1-3H3. The average molecular weight is 186 g/mol. The van der Waals surface area contributed by atoms with Crippen LogP contribution in [0.1, 0.15) is 52.9 Å². The van der Waals surface area contributed by atoms with E-state index in [1.54, 1.807) is 0 Å². The SMILES string of the molecule is CCCCOC(=O)CCCC(C)C. The maximum atomic E-state index is 11.1. The Kier molecular flexibility index (Phi) is 7.76. The Morgan fingerprint density at radius 3 is 2.54 bits per heavy atom. The third kappa shape index (κ3) is 9.38. The highest BCUT2D eigenvalue weighted by molar-refractivity contribution is 5.69. The van der Waals surface area contributed by atoms with E-state index in [1.165, 1.54) is 0 Å². The van der Waals surface area contributed by atoms with Gasteiger partial charge in [-0.25, -0.2) is 0 Å². The summed E-state index contributed by atoms with van der Waals surface area (Å²) in [4.78, 5) is 11.1. The van der Waals surface area contributed by atoms with Crippen molar-refractivity contribution in [1.82, 2.24) is 0 Å². The largest absolute Gasteiger partial charge is 0.466 e. The summed E-state index contributed by atoms with van der Waals surface area (Å²) in [6, 6.07) is 0. The number of carbonyl (C=O) groups excluding carboxylic acids is 1. The second kappa shape index (κ2) is 8.09. The molecule has 0 aliphatic carbocycles. The van der Waals surface area contributed by atoms with Gasteiger partial charge in [0, 0.05) is 6.42 Å². The van der Waals surface area contributed by atoms with Crippen LogP contribution in [0.2, 0.25) is 0 Å². The molecule has 0 heterocycles. The van der Waals surface area contributed by atoms with E-state index in [0.29, 0.717) is 18.9 Å². The molecule has 0 aliphatic rings. The maximum Gasteiger partial charge on any atom is 0.305 e. The molecule has 78 valence electrons. The quantitative estimate of drug-likeness (QED) is 0.451. The molecule has 0 saturated carbocycles. The van der Waals surface area contributed by atoms with Gasteiger partial charge in [0.1, 0.15) is 0 Å². The molecule has 2 nitrogen and oxygen atoms in total. The van der Waals surface area contributed by atoms with Crippen molar-refractivity contribution in [2.45, 2.75) is 52.9 Å². The first kappa shape index (κ1) is 12.5. The van der Waals surface area contributed by atoms with Crippen LogP contribution in [-0.4, -0.2) is 12.6 Å². The molecule has 0 amide bonds. The highest BCUT2D eigenvalue weighted by Gasteiger charge is 2.02. The molecule has 0 aliphatic heterocycles. The molecular weight excluding hydrogens is 164 g/mol. The molecule has 0 spiro atoms. The van der Waals surface area contributed by atoms with Crippen molar-refractivity contribution in [3.63, 3.8) is 0 Å². The van der Waals surface area contributed by atoms with E-state index in [1.807, 2.05) is 0 Å². The lowest BCUT2D eigenvalue weighted by atomic mass is 10.1. The monoisotopic (exact) mass is 186 g/mol. The van der Waals surface area contributed by atoms with Gasteiger partial charge in [0.15, 0.2) is 0 Å². The second-order valence-electron chi connectivity index (χ2n) is 3.86. The van der Waals surface area contributed by atoms with E-state index in [4.69, 9.17) is 4.74 Å². The number of hydrogen-bond acceptors (Lipinski definition) is 2. The Morgan fingerprint density at radius 2 is 2.00 bits per heavy atom. The van der Waals surface area contributed by atoms with E-state index in [-0.39, 0.29) is 5.97 Å². The van der Waals surface area contributed by atoms with Crippen molar-refractivity contribution in [2.75, 3.05) is 6.61 Å². The van der Waals surface area contributed by atoms with Crippen LogP contribution in [0.3, 0.4) is 0 Å². The minimum absolute atomic E-state index is 0.0332. The highest BCUT2D eigenvalue weighted by atomic mass is 16.5. The number of rotatable bonds is 7. The van der Waals surface area contributed by atoms with Gasteiger partial charge in [-0.1, -0.05) is 33.6 Å². The molecule has 0 N–H and O–H groups in total. The molecular formula is C11H22O2. The molecule has 2 heteroatoms. The van der Waals surface area contributed by atoms with Crippen LogP contribution in [0.25, 0.3) is 0 Å². The predicted molar refractivity (Wildman–Crippen MR) is 54.6 cm³/mol. The lowest BCUT2D eigenvalue weighted by Gasteiger charge is -2.05. The van der Waals surface area contributed by atoms with E-state index in [0.717, 1.165) is 25.7 Å². The Bertz CT molecular complexity index is 130. The normalized spacial score (nSPS) is 10.5. The lowest BCUT2D eigenvalue weighted by Crippen LogP contribution is -2.05. The Balaban J connectivity index is 3.20. The Morgan fingerprint density at radius 1 is 1.31 bits per heavy atom. The van der Waals surface area contributed by atoms with Gasteiger partial charge in [0.25, 0.3) is 0 Å². The Labute approximate surface area is 81.7 Å². The van der Waals surface area contributed by atoms with Crippen molar-refractivity contribution < 1.29 is 9.53 Å².